The maximum atomic E-state index is 12.4. The number of hydrogen-bond donors (Lipinski definition) is 2. The van der Waals surface area contributed by atoms with Crippen LogP contribution in [-0.4, -0.2) is 28.5 Å². The Kier molecular flexibility index (Phi) is 4.05. The standard InChI is InChI=1S/C12H13F3N4O/c13-12(14,15)10(17)9(16)5-7-1-3-8(4-2-7)11-19-18-6-20-11/h1-4,6,9-10H,5,16-17H2. The molecule has 1 aromatic heterocycles. The number of halogens is 3. The lowest BCUT2D eigenvalue weighted by Crippen LogP contribution is -2.52. The summed E-state index contributed by atoms with van der Waals surface area (Å²) in [6.45, 7) is 0. The summed E-state index contributed by atoms with van der Waals surface area (Å²) >= 11 is 0. The molecule has 20 heavy (non-hydrogen) atoms. The van der Waals surface area contributed by atoms with E-state index in [1.807, 2.05) is 0 Å². The molecular weight excluding hydrogens is 273 g/mol. The molecule has 0 aliphatic carbocycles. The number of alkyl halides is 3. The Bertz CT molecular complexity index is 539. The first-order valence-corrected chi connectivity index (χ1v) is 5.81. The van der Waals surface area contributed by atoms with E-state index in [1.54, 1.807) is 24.3 Å². The molecule has 8 heteroatoms. The Labute approximate surface area is 112 Å². The van der Waals surface area contributed by atoms with Crippen LogP contribution in [0.15, 0.2) is 35.1 Å². The highest BCUT2D eigenvalue weighted by Gasteiger charge is 2.40. The molecule has 0 fully saturated rings. The summed E-state index contributed by atoms with van der Waals surface area (Å²) in [7, 11) is 0. The van der Waals surface area contributed by atoms with Crippen LogP contribution in [0.4, 0.5) is 13.2 Å². The van der Waals surface area contributed by atoms with Crippen LogP contribution in [0.25, 0.3) is 11.5 Å². The zero-order valence-electron chi connectivity index (χ0n) is 10.3. The molecular formula is C12H13F3N4O. The lowest BCUT2D eigenvalue weighted by Gasteiger charge is -2.22. The molecule has 108 valence electrons. The highest BCUT2D eigenvalue weighted by atomic mass is 19.4. The minimum absolute atomic E-state index is 0.0325. The first kappa shape index (κ1) is 14.5. The summed E-state index contributed by atoms with van der Waals surface area (Å²) < 4.78 is 42.3. The van der Waals surface area contributed by atoms with Gasteiger partial charge in [0.05, 0.1) is 0 Å². The van der Waals surface area contributed by atoms with E-state index in [0.717, 1.165) is 0 Å². The molecule has 2 unspecified atom stereocenters. The van der Waals surface area contributed by atoms with Crippen molar-refractivity contribution >= 4 is 0 Å². The molecule has 1 aromatic carbocycles. The Morgan fingerprint density at radius 1 is 1.15 bits per heavy atom. The summed E-state index contributed by atoms with van der Waals surface area (Å²) in [6.07, 6.45) is -3.27. The van der Waals surface area contributed by atoms with E-state index in [4.69, 9.17) is 15.9 Å². The zero-order chi connectivity index (χ0) is 14.8. The average molecular weight is 286 g/mol. The van der Waals surface area contributed by atoms with Crippen molar-refractivity contribution in [2.45, 2.75) is 24.7 Å². The van der Waals surface area contributed by atoms with Crippen molar-refractivity contribution in [3.63, 3.8) is 0 Å². The third kappa shape index (κ3) is 3.34. The van der Waals surface area contributed by atoms with Crippen molar-refractivity contribution < 1.29 is 17.6 Å². The van der Waals surface area contributed by atoms with Gasteiger partial charge in [-0.05, 0) is 24.1 Å². The predicted octanol–water partition coefficient (Wildman–Crippen LogP) is 1.50. The predicted molar refractivity (Wildman–Crippen MR) is 65.4 cm³/mol. The largest absolute Gasteiger partial charge is 0.423 e. The van der Waals surface area contributed by atoms with Crippen LogP contribution >= 0.6 is 0 Å². The molecule has 0 saturated carbocycles. The smallest absolute Gasteiger partial charge is 0.405 e. The van der Waals surface area contributed by atoms with Crippen LogP contribution in [0, 0.1) is 0 Å². The zero-order valence-corrected chi connectivity index (χ0v) is 10.3. The summed E-state index contributed by atoms with van der Waals surface area (Å²) in [5.74, 6) is 0.341. The summed E-state index contributed by atoms with van der Waals surface area (Å²) in [5.41, 5.74) is 11.9. The van der Waals surface area contributed by atoms with Crippen LogP contribution in [0.2, 0.25) is 0 Å². The van der Waals surface area contributed by atoms with Gasteiger partial charge >= 0.3 is 6.18 Å². The number of hydrogen-bond acceptors (Lipinski definition) is 5. The monoisotopic (exact) mass is 286 g/mol. The van der Waals surface area contributed by atoms with E-state index in [1.165, 1.54) is 6.39 Å². The van der Waals surface area contributed by atoms with Crippen LogP contribution in [0.1, 0.15) is 5.56 Å². The van der Waals surface area contributed by atoms with Crippen molar-refractivity contribution in [1.29, 1.82) is 0 Å². The van der Waals surface area contributed by atoms with Crippen LogP contribution < -0.4 is 11.5 Å². The Morgan fingerprint density at radius 3 is 2.30 bits per heavy atom. The van der Waals surface area contributed by atoms with E-state index < -0.39 is 18.3 Å². The fraction of sp³-hybridized carbons (Fsp3) is 0.333. The van der Waals surface area contributed by atoms with Gasteiger partial charge < -0.3 is 15.9 Å². The first-order chi connectivity index (χ1) is 9.38. The molecule has 0 spiro atoms. The lowest BCUT2D eigenvalue weighted by atomic mass is 9.99. The van der Waals surface area contributed by atoms with Crippen molar-refractivity contribution in [2.24, 2.45) is 11.5 Å². The van der Waals surface area contributed by atoms with Crippen LogP contribution in [-0.2, 0) is 6.42 Å². The van der Waals surface area contributed by atoms with Crippen molar-refractivity contribution in [3.8, 4) is 11.5 Å². The van der Waals surface area contributed by atoms with E-state index in [2.05, 4.69) is 10.2 Å². The summed E-state index contributed by atoms with van der Waals surface area (Å²) in [6, 6.07) is 3.43. The Morgan fingerprint density at radius 2 is 1.80 bits per heavy atom. The van der Waals surface area contributed by atoms with Gasteiger partial charge in [0, 0.05) is 11.6 Å². The van der Waals surface area contributed by atoms with Gasteiger partial charge in [0.1, 0.15) is 6.04 Å². The van der Waals surface area contributed by atoms with Crippen LogP contribution in [0.3, 0.4) is 0 Å². The normalized spacial score (nSPS) is 15.1. The van der Waals surface area contributed by atoms with Gasteiger partial charge in [0.15, 0.2) is 0 Å². The van der Waals surface area contributed by atoms with E-state index in [9.17, 15) is 13.2 Å². The minimum atomic E-state index is -4.50. The molecule has 0 radical (unpaired) electrons. The molecule has 2 aromatic rings. The fourth-order valence-corrected chi connectivity index (χ4v) is 1.72. The second kappa shape index (κ2) is 5.59. The number of nitrogens with zero attached hydrogens (tertiary/aromatic N) is 2. The molecule has 0 bridgehead atoms. The molecule has 4 N–H and O–H groups in total. The van der Waals surface area contributed by atoms with Gasteiger partial charge in [-0.1, -0.05) is 12.1 Å². The van der Waals surface area contributed by atoms with Gasteiger partial charge in [0.25, 0.3) is 0 Å². The highest BCUT2D eigenvalue weighted by molar-refractivity contribution is 5.52. The van der Waals surface area contributed by atoms with E-state index in [0.29, 0.717) is 17.0 Å². The number of aromatic nitrogens is 2. The Balaban J connectivity index is 2.04. The molecule has 5 nitrogen and oxygen atoms in total. The van der Waals surface area contributed by atoms with Crippen molar-refractivity contribution in [1.82, 2.24) is 10.2 Å². The van der Waals surface area contributed by atoms with Gasteiger partial charge in [-0.3, -0.25) is 0 Å². The maximum Gasteiger partial charge on any atom is 0.405 e. The second-order valence-electron chi connectivity index (χ2n) is 4.38. The van der Waals surface area contributed by atoms with E-state index >= 15 is 0 Å². The second-order valence-corrected chi connectivity index (χ2v) is 4.38. The molecule has 0 amide bonds. The number of rotatable bonds is 4. The first-order valence-electron chi connectivity index (χ1n) is 5.81. The quantitative estimate of drug-likeness (QED) is 0.888. The molecule has 0 aliphatic rings. The van der Waals surface area contributed by atoms with Gasteiger partial charge in [-0.2, -0.15) is 13.2 Å². The summed E-state index contributed by atoms with van der Waals surface area (Å²) in [4.78, 5) is 0. The number of benzene rings is 1. The molecule has 0 saturated heterocycles. The van der Waals surface area contributed by atoms with Gasteiger partial charge in [0.2, 0.25) is 12.3 Å². The SMILES string of the molecule is NC(Cc1ccc(-c2nnco2)cc1)C(N)C(F)(F)F. The maximum absolute atomic E-state index is 12.4. The lowest BCUT2D eigenvalue weighted by molar-refractivity contribution is -0.151. The van der Waals surface area contributed by atoms with Crippen molar-refractivity contribution in [3.05, 3.63) is 36.2 Å². The van der Waals surface area contributed by atoms with Gasteiger partial charge in [-0.25, -0.2) is 0 Å². The fourth-order valence-electron chi connectivity index (χ4n) is 1.72. The minimum Gasteiger partial charge on any atom is -0.423 e. The van der Waals surface area contributed by atoms with Crippen LogP contribution in [0.5, 0.6) is 0 Å². The molecule has 2 rings (SSSR count). The third-order valence-electron chi connectivity index (χ3n) is 2.87. The highest BCUT2D eigenvalue weighted by Crippen LogP contribution is 2.22. The topological polar surface area (TPSA) is 91.0 Å². The molecule has 2 atom stereocenters. The molecule has 0 aliphatic heterocycles. The van der Waals surface area contributed by atoms with Gasteiger partial charge in [-0.15, -0.1) is 10.2 Å². The van der Waals surface area contributed by atoms with E-state index in [-0.39, 0.29) is 6.42 Å². The summed E-state index contributed by atoms with van der Waals surface area (Å²) in [5, 5.41) is 7.27. The average Bonchev–Trinajstić information content (AvgIpc) is 2.91. The van der Waals surface area contributed by atoms with Crippen molar-refractivity contribution in [2.75, 3.05) is 0 Å². The third-order valence-corrected chi connectivity index (χ3v) is 2.87. The Hall–Kier alpha value is -1.93. The number of nitrogens with two attached hydrogens (primary N) is 2. The molecule has 1 heterocycles.